The molecule has 0 aliphatic carbocycles. The molecule has 2 amide bonds. The molecular formula is C22H26N2O3. The van der Waals surface area contributed by atoms with E-state index in [1.165, 1.54) is 11.1 Å². The zero-order valence-corrected chi connectivity index (χ0v) is 15.6. The third kappa shape index (κ3) is 5.41. The van der Waals surface area contributed by atoms with Gasteiger partial charge in [0.05, 0.1) is 6.61 Å². The molecule has 5 nitrogen and oxygen atoms in total. The molecule has 2 atom stereocenters. The summed E-state index contributed by atoms with van der Waals surface area (Å²) in [6.07, 6.45) is 2.31. The van der Waals surface area contributed by atoms with Gasteiger partial charge in [0, 0.05) is 12.6 Å². The number of aryl methyl sites for hydroxylation is 1. The van der Waals surface area contributed by atoms with Crippen LogP contribution >= 0.6 is 0 Å². The van der Waals surface area contributed by atoms with Crippen LogP contribution in [0.15, 0.2) is 54.6 Å². The van der Waals surface area contributed by atoms with Crippen LogP contribution in [0.3, 0.4) is 0 Å². The molecule has 2 aromatic carbocycles. The van der Waals surface area contributed by atoms with E-state index in [4.69, 9.17) is 4.74 Å². The molecule has 0 aromatic heterocycles. The third-order valence-electron chi connectivity index (χ3n) is 4.83. The summed E-state index contributed by atoms with van der Waals surface area (Å²) < 4.78 is 5.76. The van der Waals surface area contributed by atoms with Gasteiger partial charge in [0.25, 0.3) is 0 Å². The van der Waals surface area contributed by atoms with Crippen LogP contribution in [0.25, 0.3) is 0 Å². The lowest BCUT2D eigenvalue weighted by Crippen LogP contribution is -2.45. The van der Waals surface area contributed by atoms with Crippen molar-refractivity contribution in [2.24, 2.45) is 0 Å². The summed E-state index contributed by atoms with van der Waals surface area (Å²) in [6.45, 7) is 2.83. The highest BCUT2D eigenvalue weighted by molar-refractivity contribution is 6.35. The molecule has 1 aliphatic rings. The summed E-state index contributed by atoms with van der Waals surface area (Å²) in [6, 6.07) is 18.1. The van der Waals surface area contributed by atoms with E-state index in [0.29, 0.717) is 13.2 Å². The molecule has 142 valence electrons. The van der Waals surface area contributed by atoms with Crippen LogP contribution in [-0.2, 0) is 27.2 Å². The van der Waals surface area contributed by atoms with E-state index < -0.39 is 11.8 Å². The lowest BCUT2D eigenvalue weighted by atomic mass is 9.97. The van der Waals surface area contributed by atoms with E-state index in [1.54, 1.807) is 0 Å². The van der Waals surface area contributed by atoms with Crippen molar-refractivity contribution in [2.45, 2.75) is 38.3 Å². The first kappa shape index (κ1) is 19.1. The SMILES string of the molecule is CC(CCc1ccccc1)NC(=O)C(=O)NCC1OCCc2ccccc21. The summed E-state index contributed by atoms with van der Waals surface area (Å²) in [5.74, 6) is -1.21. The zero-order valence-electron chi connectivity index (χ0n) is 15.6. The number of hydrogen-bond donors (Lipinski definition) is 2. The molecule has 5 heteroatoms. The summed E-state index contributed by atoms with van der Waals surface area (Å²) in [4.78, 5) is 24.2. The van der Waals surface area contributed by atoms with Crippen molar-refractivity contribution in [3.63, 3.8) is 0 Å². The Balaban J connectivity index is 1.43. The van der Waals surface area contributed by atoms with Crippen LogP contribution in [0.1, 0.15) is 36.1 Å². The fraction of sp³-hybridized carbons (Fsp3) is 0.364. The lowest BCUT2D eigenvalue weighted by molar-refractivity contribution is -0.140. The van der Waals surface area contributed by atoms with Crippen molar-refractivity contribution < 1.29 is 14.3 Å². The molecule has 1 aliphatic heterocycles. The quantitative estimate of drug-likeness (QED) is 0.772. The van der Waals surface area contributed by atoms with Crippen molar-refractivity contribution in [1.29, 1.82) is 0 Å². The fourth-order valence-corrected chi connectivity index (χ4v) is 3.30. The van der Waals surface area contributed by atoms with Crippen LogP contribution in [0.5, 0.6) is 0 Å². The second kappa shape index (κ2) is 9.33. The average Bonchev–Trinajstić information content (AvgIpc) is 2.71. The lowest BCUT2D eigenvalue weighted by Gasteiger charge is -2.26. The Hall–Kier alpha value is -2.66. The Morgan fingerprint density at radius 2 is 1.81 bits per heavy atom. The van der Waals surface area contributed by atoms with Crippen molar-refractivity contribution in [2.75, 3.05) is 13.2 Å². The summed E-state index contributed by atoms with van der Waals surface area (Å²) in [5.41, 5.74) is 3.54. The number of amides is 2. The van der Waals surface area contributed by atoms with Crippen molar-refractivity contribution in [3.05, 3.63) is 71.3 Å². The number of carbonyl (C=O) groups excluding carboxylic acids is 2. The first-order valence-electron chi connectivity index (χ1n) is 9.45. The number of benzene rings is 2. The highest BCUT2D eigenvalue weighted by Gasteiger charge is 2.23. The largest absolute Gasteiger partial charge is 0.371 e. The van der Waals surface area contributed by atoms with Gasteiger partial charge in [-0.1, -0.05) is 54.6 Å². The molecule has 2 unspecified atom stereocenters. The van der Waals surface area contributed by atoms with Gasteiger partial charge in [-0.05, 0) is 42.9 Å². The maximum Gasteiger partial charge on any atom is 0.309 e. The molecule has 2 aromatic rings. The van der Waals surface area contributed by atoms with Crippen LogP contribution in [0.2, 0.25) is 0 Å². The number of carbonyl (C=O) groups is 2. The van der Waals surface area contributed by atoms with E-state index in [2.05, 4.69) is 28.8 Å². The van der Waals surface area contributed by atoms with Gasteiger partial charge in [-0.2, -0.15) is 0 Å². The first-order valence-corrected chi connectivity index (χ1v) is 9.45. The Bertz CT molecular complexity index is 776. The highest BCUT2D eigenvalue weighted by Crippen LogP contribution is 2.26. The molecule has 0 saturated heterocycles. The molecule has 2 N–H and O–H groups in total. The molecular weight excluding hydrogens is 340 g/mol. The standard InChI is InChI=1S/C22H26N2O3/c1-16(11-12-17-7-3-2-4-8-17)24-22(26)21(25)23-15-20-19-10-6-5-9-18(19)13-14-27-20/h2-10,16,20H,11-15H2,1H3,(H,23,25)(H,24,26). The number of ether oxygens (including phenoxy) is 1. The monoisotopic (exact) mass is 366 g/mol. The van der Waals surface area contributed by atoms with Gasteiger partial charge in [0.1, 0.15) is 6.10 Å². The van der Waals surface area contributed by atoms with E-state index in [1.807, 2.05) is 43.3 Å². The Kier molecular flexibility index (Phi) is 6.60. The molecule has 1 heterocycles. The topological polar surface area (TPSA) is 67.4 Å². The minimum Gasteiger partial charge on any atom is -0.371 e. The Morgan fingerprint density at radius 1 is 1.07 bits per heavy atom. The number of hydrogen-bond acceptors (Lipinski definition) is 3. The van der Waals surface area contributed by atoms with Crippen LogP contribution in [0, 0.1) is 0 Å². The van der Waals surface area contributed by atoms with Crippen LogP contribution < -0.4 is 10.6 Å². The molecule has 3 rings (SSSR count). The molecule has 0 bridgehead atoms. The third-order valence-corrected chi connectivity index (χ3v) is 4.83. The first-order chi connectivity index (χ1) is 13.1. The summed E-state index contributed by atoms with van der Waals surface area (Å²) in [5, 5.41) is 5.46. The van der Waals surface area contributed by atoms with Gasteiger partial charge in [-0.15, -0.1) is 0 Å². The Morgan fingerprint density at radius 3 is 2.63 bits per heavy atom. The van der Waals surface area contributed by atoms with E-state index in [-0.39, 0.29) is 12.1 Å². The minimum atomic E-state index is -0.617. The summed E-state index contributed by atoms with van der Waals surface area (Å²) >= 11 is 0. The van der Waals surface area contributed by atoms with Gasteiger partial charge >= 0.3 is 11.8 Å². The molecule has 0 radical (unpaired) electrons. The van der Waals surface area contributed by atoms with Crippen molar-refractivity contribution in [3.8, 4) is 0 Å². The van der Waals surface area contributed by atoms with Gasteiger partial charge < -0.3 is 15.4 Å². The number of fused-ring (bicyclic) bond motifs is 1. The van der Waals surface area contributed by atoms with Gasteiger partial charge in [0.15, 0.2) is 0 Å². The van der Waals surface area contributed by atoms with E-state index >= 15 is 0 Å². The fourth-order valence-electron chi connectivity index (χ4n) is 3.30. The number of nitrogens with one attached hydrogen (secondary N) is 2. The smallest absolute Gasteiger partial charge is 0.309 e. The van der Waals surface area contributed by atoms with Gasteiger partial charge in [-0.25, -0.2) is 0 Å². The summed E-state index contributed by atoms with van der Waals surface area (Å²) in [7, 11) is 0. The maximum atomic E-state index is 12.1. The molecule has 0 spiro atoms. The maximum absolute atomic E-state index is 12.1. The van der Waals surface area contributed by atoms with Gasteiger partial charge in [-0.3, -0.25) is 9.59 Å². The normalized spacial score (nSPS) is 16.9. The number of rotatable bonds is 6. The highest BCUT2D eigenvalue weighted by atomic mass is 16.5. The predicted octanol–water partition coefficient (Wildman–Crippen LogP) is 2.55. The molecule has 0 saturated carbocycles. The Labute approximate surface area is 160 Å². The molecule has 27 heavy (non-hydrogen) atoms. The second-order valence-corrected chi connectivity index (χ2v) is 6.92. The second-order valence-electron chi connectivity index (χ2n) is 6.92. The average molecular weight is 366 g/mol. The van der Waals surface area contributed by atoms with E-state index in [9.17, 15) is 9.59 Å². The predicted molar refractivity (Wildman–Crippen MR) is 104 cm³/mol. The zero-order chi connectivity index (χ0) is 19.1. The van der Waals surface area contributed by atoms with Crippen molar-refractivity contribution >= 4 is 11.8 Å². The van der Waals surface area contributed by atoms with Crippen molar-refractivity contribution in [1.82, 2.24) is 10.6 Å². The van der Waals surface area contributed by atoms with Gasteiger partial charge in [0.2, 0.25) is 0 Å². The van der Waals surface area contributed by atoms with Crippen LogP contribution in [0.4, 0.5) is 0 Å². The minimum absolute atomic E-state index is 0.0740. The van der Waals surface area contributed by atoms with Crippen LogP contribution in [-0.4, -0.2) is 31.0 Å². The molecule has 0 fully saturated rings. The van der Waals surface area contributed by atoms with E-state index in [0.717, 1.165) is 24.8 Å².